The highest BCUT2D eigenvalue weighted by Crippen LogP contribution is 2.39. The molecule has 1 saturated heterocycles. The van der Waals surface area contributed by atoms with Gasteiger partial charge in [0.05, 0.1) is 26.2 Å². The van der Waals surface area contributed by atoms with Crippen molar-refractivity contribution >= 4 is 20.1 Å². The summed E-state index contributed by atoms with van der Waals surface area (Å²) in [5.41, 5.74) is 7.90. The standard InChI is InChI=1S/C18H29N5O5Si/c1-18(2,3)29(5,6)27-11-13-12(10-16(24)26-4)9-15(28-13)23-8-7-14(21-22-19)20-17(23)25/h7-8,12-13,15H,9-11H2,1-6H3/t12-,13-,15-/m1/s1. The summed E-state index contributed by atoms with van der Waals surface area (Å²) in [5, 5.41) is 3.38. The minimum atomic E-state index is -2.00. The molecule has 0 saturated carbocycles. The number of esters is 1. The summed E-state index contributed by atoms with van der Waals surface area (Å²) in [5.74, 6) is -0.489. The van der Waals surface area contributed by atoms with Gasteiger partial charge in [0.1, 0.15) is 12.0 Å². The SMILES string of the molecule is COC(=O)C[C@H]1C[C@H](n2ccc(N=[N+]=[N-])nc2=O)O[C@@H]1CO[Si](C)(C)C(C)(C)C. The fourth-order valence-corrected chi connectivity index (χ4v) is 3.89. The Morgan fingerprint density at radius 3 is 2.72 bits per heavy atom. The molecule has 0 unspecified atom stereocenters. The molecule has 1 aromatic heterocycles. The molecule has 3 atom stereocenters. The molecular weight excluding hydrogens is 394 g/mol. The van der Waals surface area contributed by atoms with Crippen LogP contribution in [-0.4, -0.2) is 43.7 Å². The van der Waals surface area contributed by atoms with Crippen molar-refractivity contribution < 1.29 is 18.7 Å². The first-order valence-corrected chi connectivity index (χ1v) is 12.4. The number of methoxy groups -OCH3 is 1. The van der Waals surface area contributed by atoms with E-state index in [1.807, 2.05) is 0 Å². The molecule has 2 heterocycles. The summed E-state index contributed by atoms with van der Waals surface area (Å²) in [7, 11) is -0.656. The van der Waals surface area contributed by atoms with Gasteiger partial charge in [-0.25, -0.2) is 4.79 Å². The predicted octanol–water partition coefficient (Wildman–Crippen LogP) is 3.67. The molecule has 1 aromatic rings. The molecule has 0 aliphatic carbocycles. The van der Waals surface area contributed by atoms with Gasteiger partial charge in [-0.2, -0.15) is 4.98 Å². The predicted molar refractivity (Wildman–Crippen MR) is 109 cm³/mol. The summed E-state index contributed by atoms with van der Waals surface area (Å²) >= 11 is 0. The van der Waals surface area contributed by atoms with Gasteiger partial charge < -0.3 is 13.9 Å². The number of carbonyl (C=O) groups is 1. The number of nitrogens with zero attached hydrogens (tertiary/aromatic N) is 5. The average molecular weight is 424 g/mol. The highest BCUT2D eigenvalue weighted by atomic mass is 28.4. The number of hydrogen-bond acceptors (Lipinski definition) is 7. The lowest BCUT2D eigenvalue weighted by Crippen LogP contribution is -2.43. The highest BCUT2D eigenvalue weighted by Gasteiger charge is 2.42. The molecule has 1 aliphatic heterocycles. The summed E-state index contributed by atoms with van der Waals surface area (Å²) in [6, 6.07) is 1.44. The van der Waals surface area contributed by atoms with E-state index < -0.39 is 20.2 Å². The van der Waals surface area contributed by atoms with Crippen molar-refractivity contribution in [3.8, 4) is 0 Å². The molecule has 0 radical (unpaired) electrons. The van der Waals surface area contributed by atoms with Crippen LogP contribution >= 0.6 is 0 Å². The Balaban J connectivity index is 2.20. The summed E-state index contributed by atoms with van der Waals surface area (Å²) in [6.07, 6.45) is 1.17. The second-order valence-corrected chi connectivity index (χ2v) is 13.5. The van der Waals surface area contributed by atoms with Gasteiger partial charge in [0.15, 0.2) is 8.32 Å². The van der Waals surface area contributed by atoms with Crippen molar-refractivity contribution in [3.63, 3.8) is 0 Å². The van der Waals surface area contributed by atoms with Crippen LogP contribution in [0.4, 0.5) is 5.82 Å². The van der Waals surface area contributed by atoms with E-state index in [0.29, 0.717) is 13.0 Å². The van der Waals surface area contributed by atoms with Gasteiger partial charge >= 0.3 is 11.7 Å². The smallest absolute Gasteiger partial charge is 0.350 e. The van der Waals surface area contributed by atoms with Crippen molar-refractivity contribution in [2.75, 3.05) is 13.7 Å². The van der Waals surface area contributed by atoms with Crippen LogP contribution in [0.2, 0.25) is 18.1 Å². The lowest BCUT2D eigenvalue weighted by atomic mass is 9.97. The van der Waals surface area contributed by atoms with E-state index in [2.05, 4.69) is 48.9 Å². The topological polar surface area (TPSA) is 128 Å². The molecule has 10 nitrogen and oxygen atoms in total. The zero-order valence-electron chi connectivity index (χ0n) is 17.8. The highest BCUT2D eigenvalue weighted by molar-refractivity contribution is 6.74. The van der Waals surface area contributed by atoms with Crippen molar-refractivity contribution in [2.24, 2.45) is 11.0 Å². The van der Waals surface area contributed by atoms with Crippen LogP contribution in [0.15, 0.2) is 22.2 Å². The first-order valence-electron chi connectivity index (χ1n) is 9.49. The second kappa shape index (κ2) is 9.08. The maximum absolute atomic E-state index is 12.3. The molecule has 0 bridgehead atoms. The molecule has 11 heteroatoms. The van der Waals surface area contributed by atoms with E-state index in [4.69, 9.17) is 19.4 Å². The largest absolute Gasteiger partial charge is 0.469 e. The van der Waals surface area contributed by atoms with Crippen molar-refractivity contribution in [2.45, 2.75) is 64.1 Å². The molecule has 1 fully saturated rings. The zero-order chi connectivity index (χ0) is 21.8. The van der Waals surface area contributed by atoms with E-state index in [1.54, 1.807) is 0 Å². The number of rotatable bonds is 7. The molecule has 0 N–H and O–H groups in total. The molecule has 0 spiro atoms. The number of hydrogen-bond donors (Lipinski definition) is 0. The molecule has 0 aromatic carbocycles. The Kier molecular flexibility index (Phi) is 7.23. The Bertz CT molecular complexity index is 844. The summed E-state index contributed by atoms with van der Waals surface area (Å²) in [6.45, 7) is 11.1. The minimum Gasteiger partial charge on any atom is -0.469 e. The van der Waals surface area contributed by atoms with Gasteiger partial charge in [-0.3, -0.25) is 9.36 Å². The summed E-state index contributed by atoms with van der Waals surface area (Å²) in [4.78, 5) is 30.5. The quantitative estimate of drug-likeness (QED) is 0.216. The molecule has 1 aliphatic rings. The lowest BCUT2D eigenvalue weighted by Gasteiger charge is -2.37. The molecule has 29 heavy (non-hydrogen) atoms. The van der Waals surface area contributed by atoms with Crippen LogP contribution in [0.1, 0.15) is 39.8 Å². The second-order valence-electron chi connectivity index (χ2n) is 8.64. The van der Waals surface area contributed by atoms with Crippen LogP contribution in [-0.2, 0) is 18.7 Å². The number of carbonyl (C=O) groups excluding carboxylic acids is 1. The third kappa shape index (κ3) is 5.66. The van der Waals surface area contributed by atoms with E-state index in [1.165, 1.54) is 23.9 Å². The van der Waals surface area contributed by atoms with Gasteiger partial charge in [0, 0.05) is 17.0 Å². The van der Waals surface area contributed by atoms with Crippen LogP contribution in [0.5, 0.6) is 0 Å². The maximum atomic E-state index is 12.3. The minimum absolute atomic E-state index is 0.00401. The third-order valence-corrected chi connectivity index (χ3v) is 10.2. The van der Waals surface area contributed by atoms with Crippen molar-refractivity contribution in [1.29, 1.82) is 0 Å². The number of aromatic nitrogens is 2. The average Bonchev–Trinajstić information content (AvgIpc) is 3.01. The third-order valence-electron chi connectivity index (χ3n) is 5.71. The summed E-state index contributed by atoms with van der Waals surface area (Å²) < 4.78 is 18.5. The molecular formula is C18H29N5O5Si. The van der Waals surface area contributed by atoms with Crippen LogP contribution in [0, 0.1) is 5.92 Å². The fourth-order valence-electron chi connectivity index (χ4n) is 2.88. The Morgan fingerprint density at radius 2 is 2.17 bits per heavy atom. The number of azide groups is 1. The first kappa shape index (κ1) is 23.1. The van der Waals surface area contributed by atoms with E-state index in [9.17, 15) is 9.59 Å². The van der Waals surface area contributed by atoms with Gasteiger partial charge in [-0.1, -0.05) is 20.8 Å². The monoisotopic (exact) mass is 423 g/mol. The van der Waals surface area contributed by atoms with E-state index in [-0.39, 0.29) is 35.3 Å². The Morgan fingerprint density at radius 1 is 1.48 bits per heavy atom. The molecule has 160 valence electrons. The van der Waals surface area contributed by atoms with Gasteiger partial charge in [0.25, 0.3) is 0 Å². The van der Waals surface area contributed by atoms with E-state index >= 15 is 0 Å². The van der Waals surface area contributed by atoms with Crippen LogP contribution < -0.4 is 5.69 Å². The van der Waals surface area contributed by atoms with Gasteiger partial charge in [0.2, 0.25) is 0 Å². The van der Waals surface area contributed by atoms with Gasteiger partial charge in [-0.15, -0.1) is 0 Å². The van der Waals surface area contributed by atoms with Crippen LogP contribution in [0.25, 0.3) is 10.4 Å². The fraction of sp³-hybridized carbons (Fsp3) is 0.722. The van der Waals surface area contributed by atoms with Crippen molar-refractivity contribution in [1.82, 2.24) is 9.55 Å². The first-order chi connectivity index (χ1) is 13.5. The van der Waals surface area contributed by atoms with E-state index in [0.717, 1.165) is 0 Å². The Hall–Kier alpha value is -2.20. The zero-order valence-corrected chi connectivity index (χ0v) is 18.8. The van der Waals surface area contributed by atoms with Crippen molar-refractivity contribution in [3.05, 3.63) is 33.2 Å². The van der Waals surface area contributed by atoms with Gasteiger partial charge in [-0.05, 0) is 41.3 Å². The maximum Gasteiger partial charge on any atom is 0.350 e. The Labute approximate surface area is 170 Å². The molecule has 2 rings (SSSR count). The number of ether oxygens (including phenoxy) is 2. The lowest BCUT2D eigenvalue weighted by molar-refractivity contribution is -0.142. The molecule has 0 amide bonds. The normalized spacial score (nSPS) is 22.2. The van der Waals surface area contributed by atoms with Crippen LogP contribution in [0.3, 0.4) is 0 Å².